The molecule has 186 valence electrons. The van der Waals surface area contributed by atoms with Gasteiger partial charge in [-0.15, -0.1) is 0 Å². The van der Waals surface area contributed by atoms with Crippen molar-refractivity contribution in [3.8, 4) is 0 Å². The summed E-state index contributed by atoms with van der Waals surface area (Å²) in [4.78, 5) is 10.4. The van der Waals surface area contributed by atoms with E-state index in [1.807, 2.05) is 0 Å². The zero-order chi connectivity index (χ0) is 25.5. The summed E-state index contributed by atoms with van der Waals surface area (Å²) in [6.07, 6.45) is -14.2. The molecule has 0 spiro atoms. The Morgan fingerprint density at radius 3 is 1.35 bits per heavy atom. The van der Waals surface area contributed by atoms with E-state index in [4.69, 9.17) is 10.2 Å². The van der Waals surface area contributed by atoms with Crippen molar-refractivity contribution in [1.29, 1.82) is 0 Å². The third kappa shape index (κ3) is 4.47. The van der Waals surface area contributed by atoms with Gasteiger partial charge in [-0.05, 0) is 0 Å². The van der Waals surface area contributed by atoms with Gasteiger partial charge >= 0.3 is 47.7 Å². The van der Waals surface area contributed by atoms with Crippen LogP contribution in [0.5, 0.6) is 0 Å². The van der Waals surface area contributed by atoms with Gasteiger partial charge in [0.1, 0.15) is 6.10 Å². The Kier molecular flexibility index (Phi) is 7.91. The Labute approximate surface area is 160 Å². The lowest BCUT2D eigenvalue weighted by atomic mass is 9.88. The summed E-state index contributed by atoms with van der Waals surface area (Å²) < 4.78 is 199. The van der Waals surface area contributed by atoms with E-state index >= 15 is 0 Å². The van der Waals surface area contributed by atoms with Crippen molar-refractivity contribution >= 4 is 5.97 Å². The van der Waals surface area contributed by atoms with E-state index in [1.165, 1.54) is 0 Å². The third-order valence-corrected chi connectivity index (χ3v) is 3.53. The number of halogens is 15. The molecule has 0 aromatic carbocycles. The molecule has 0 aromatic rings. The fourth-order valence-electron chi connectivity index (χ4n) is 1.83. The molecule has 0 saturated carbocycles. The Balaban J connectivity index is 6.61. The fraction of sp³-hybridized carbons (Fsp3) is 0.917. The van der Waals surface area contributed by atoms with Gasteiger partial charge in [-0.25, -0.2) is 0 Å². The minimum atomic E-state index is -8.48. The quantitative estimate of drug-likeness (QED) is 0.416. The lowest BCUT2D eigenvalue weighted by Crippen LogP contribution is -2.73. The molecule has 2 N–H and O–H groups in total. The highest BCUT2D eigenvalue weighted by Gasteiger charge is 2.93. The third-order valence-electron chi connectivity index (χ3n) is 3.53. The monoisotopic (exact) mass is 502 g/mol. The molecule has 19 heteroatoms. The van der Waals surface area contributed by atoms with Crippen LogP contribution in [0.25, 0.3) is 0 Å². The molecule has 1 atom stereocenters. The van der Waals surface area contributed by atoms with Crippen molar-refractivity contribution in [1.82, 2.24) is 0 Å². The van der Waals surface area contributed by atoms with Crippen LogP contribution in [0.15, 0.2) is 0 Å². The van der Waals surface area contributed by atoms with Crippen molar-refractivity contribution in [3.63, 3.8) is 0 Å². The average molecular weight is 502 g/mol. The average Bonchev–Trinajstić information content (AvgIpc) is 2.56. The summed E-state index contributed by atoms with van der Waals surface area (Å²) in [6.45, 7) is -2.89. The topological polar surface area (TPSA) is 66.8 Å². The van der Waals surface area contributed by atoms with Crippen molar-refractivity contribution in [3.05, 3.63) is 0 Å². The van der Waals surface area contributed by atoms with Crippen LogP contribution in [0.2, 0.25) is 0 Å². The lowest BCUT2D eigenvalue weighted by molar-refractivity contribution is -0.456. The molecule has 0 bridgehead atoms. The second kappa shape index (κ2) is 8.36. The van der Waals surface area contributed by atoms with Crippen molar-refractivity contribution in [2.24, 2.45) is 0 Å². The summed E-state index contributed by atoms with van der Waals surface area (Å²) in [5.74, 6) is -50.6. The molecule has 0 radical (unpaired) electrons. The number of alkyl halides is 15. The van der Waals surface area contributed by atoms with Crippen LogP contribution in [-0.2, 0) is 9.53 Å². The first-order valence-electron chi connectivity index (χ1n) is 7.15. The molecule has 0 heterocycles. The highest BCUT2D eigenvalue weighted by Crippen LogP contribution is 2.62. The van der Waals surface area contributed by atoms with E-state index in [0.29, 0.717) is 0 Å². The molecule has 0 aliphatic carbocycles. The number of aliphatic hydroxyl groups excluding tert-OH is 1. The van der Waals surface area contributed by atoms with E-state index < -0.39 is 73.4 Å². The largest absolute Gasteiger partial charge is 0.481 e. The molecule has 0 aliphatic heterocycles. The van der Waals surface area contributed by atoms with E-state index in [1.54, 1.807) is 0 Å². The predicted octanol–water partition coefficient (Wildman–Crippen LogP) is 4.21. The summed E-state index contributed by atoms with van der Waals surface area (Å²) in [5.41, 5.74) is 0. The molecule has 0 amide bonds. The zero-order valence-corrected chi connectivity index (χ0v) is 14.1. The summed E-state index contributed by atoms with van der Waals surface area (Å²) >= 11 is 0. The van der Waals surface area contributed by atoms with Crippen molar-refractivity contribution < 1.29 is 85.6 Å². The maximum Gasteiger partial charge on any atom is 0.460 e. The number of ether oxygens (including phenoxy) is 1. The second-order valence-corrected chi connectivity index (χ2v) is 5.67. The highest BCUT2D eigenvalue weighted by molar-refractivity contribution is 5.67. The maximum atomic E-state index is 13.8. The summed E-state index contributed by atoms with van der Waals surface area (Å²) in [5, 5.41) is 16.6. The first kappa shape index (κ1) is 29.3. The number of carbonyl (C=O) groups is 1. The van der Waals surface area contributed by atoms with Crippen LogP contribution in [0, 0.1) is 0 Å². The zero-order valence-electron chi connectivity index (χ0n) is 14.1. The number of rotatable bonds is 11. The lowest BCUT2D eigenvalue weighted by Gasteiger charge is -2.42. The Morgan fingerprint density at radius 1 is 0.677 bits per heavy atom. The van der Waals surface area contributed by atoms with Gasteiger partial charge < -0.3 is 14.9 Å². The smallest absolute Gasteiger partial charge is 0.460 e. The molecule has 0 aromatic heterocycles. The van der Waals surface area contributed by atoms with Gasteiger partial charge in [0.2, 0.25) is 0 Å². The molecular formula is C12H9F15O4. The summed E-state index contributed by atoms with van der Waals surface area (Å²) in [7, 11) is 0. The Morgan fingerprint density at radius 2 is 1.03 bits per heavy atom. The minimum Gasteiger partial charge on any atom is -0.481 e. The predicted molar refractivity (Wildman–Crippen MR) is 64.8 cm³/mol. The van der Waals surface area contributed by atoms with Crippen LogP contribution in [0.4, 0.5) is 65.9 Å². The van der Waals surface area contributed by atoms with E-state index in [9.17, 15) is 70.7 Å². The van der Waals surface area contributed by atoms with E-state index in [2.05, 4.69) is 4.74 Å². The van der Waals surface area contributed by atoms with Crippen LogP contribution < -0.4 is 0 Å². The highest BCUT2D eigenvalue weighted by atomic mass is 19.4. The van der Waals surface area contributed by atoms with Crippen LogP contribution in [0.1, 0.15) is 6.42 Å². The molecule has 0 saturated heterocycles. The van der Waals surface area contributed by atoms with Gasteiger partial charge in [-0.2, -0.15) is 65.9 Å². The van der Waals surface area contributed by atoms with Gasteiger partial charge in [0.05, 0.1) is 19.6 Å². The number of hydrogen-bond acceptors (Lipinski definition) is 3. The van der Waals surface area contributed by atoms with Crippen molar-refractivity contribution in [2.45, 2.75) is 54.2 Å². The summed E-state index contributed by atoms with van der Waals surface area (Å²) in [6, 6.07) is 0. The molecule has 4 nitrogen and oxygen atoms in total. The first-order valence-corrected chi connectivity index (χ1v) is 7.15. The van der Waals surface area contributed by atoms with Gasteiger partial charge in [0, 0.05) is 0 Å². The molecule has 0 aliphatic rings. The Hall–Kier alpha value is -1.66. The van der Waals surface area contributed by atoms with Gasteiger partial charge in [0.15, 0.2) is 0 Å². The fourth-order valence-corrected chi connectivity index (χ4v) is 1.83. The number of carboxylic acids is 1. The maximum absolute atomic E-state index is 13.8. The van der Waals surface area contributed by atoms with Gasteiger partial charge in [0.25, 0.3) is 0 Å². The normalized spacial score (nSPS) is 16.4. The van der Waals surface area contributed by atoms with Crippen LogP contribution in [0.3, 0.4) is 0 Å². The Bertz CT molecular complexity index is 642. The second-order valence-electron chi connectivity index (χ2n) is 5.67. The van der Waals surface area contributed by atoms with Gasteiger partial charge in [-0.3, -0.25) is 4.79 Å². The van der Waals surface area contributed by atoms with Crippen LogP contribution >= 0.6 is 0 Å². The number of aliphatic hydroxyl groups is 1. The van der Waals surface area contributed by atoms with E-state index in [-0.39, 0.29) is 0 Å². The minimum absolute atomic E-state index is 1.37. The first-order chi connectivity index (χ1) is 13.4. The SMILES string of the molecule is O=C(O)CC(OCCO)C(F)(F)C(F)(F)C(F)(F)C(F)(F)C(F)(F)C(F)(F)C(F)(F)F. The molecule has 1 unspecified atom stereocenters. The standard InChI is InChI=1S/C12H9F15O4/c13-6(14,4(3-5(29)30)31-2-1-28)7(15,16)8(17,18)9(19,20)10(21,22)11(23,24)12(25,26)27/h4,28H,1-3H2,(H,29,30). The van der Waals surface area contributed by atoms with E-state index in [0.717, 1.165) is 0 Å². The van der Waals surface area contributed by atoms with Crippen LogP contribution in [-0.4, -0.2) is 77.2 Å². The number of aliphatic carboxylic acids is 1. The molecule has 31 heavy (non-hydrogen) atoms. The molecule has 0 fully saturated rings. The number of carboxylic acid groups (broad SMARTS) is 1. The van der Waals surface area contributed by atoms with Gasteiger partial charge in [-0.1, -0.05) is 0 Å². The van der Waals surface area contributed by atoms with Crippen molar-refractivity contribution in [2.75, 3.05) is 13.2 Å². The number of hydrogen-bond donors (Lipinski definition) is 2. The molecular weight excluding hydrogens is 493 g/mol. The molecule has 0 rings (SSSR count).